The fourth-order valence-electron chi connectivity index (χ4n) is 2.52. The van der Waals surface area contributed by atoms with E-state index in [1.54, 1.807) is 0 Å². The molecule has 0 spiro atoms. The number of hydrogen-bond donors (Lipinski definition) is 1. The monoisotopic (exact) mass is 253 g/mol. The van der Waals surface area contributed by atoms with Gasteiger partial charge < -0.3 is 5.73 Å². The molecule has 3 nitrogen and oxygen atoms in total. The number of nitrogens with zero attached hydrogens (tertiary/aromatic N) is 2. The Hall–Kier alpha value is -0.640. The Morgan fingerprint density at radius 2 is 2.35 bits per heavy atom. The third-order valence-corrected chi connectivity index (χ3v) is 3.60. The maximum absolute atomic E-state index is 5.78. The van der Waals surface area contributed by atoms with Crippen LogP contribution >= 0.6 is 11.6 Å². The maximum atomic E-state index is 5.78. The van der Waals surface area contributed by atoms with Crippen molar-refractivity contribution in [2.45, 2.75) is 25.8 Å². The average Bonchev–Trinajstić information content (AvgIpc) is 2.33. The van der Waals surface area contributed by atoms with E-state index in [-0.39, 0.29) is 0 Å². The van der Waals surface area contributed by atoms with E-state index < -0.39 is 0 Å². The van der Waals surface area contributed by atoms with Gasteiger partial charge in [-0.3, -0.25) is 4.90 Å². The van der Waals surface area contributed by atoms with Gasteiger partial charge in [0.05, 0.1) is 0 Å². The molecule has 1 aromatic rings. The predicted octanol–water partition coefficient (Wildman–Crippen LogP) is 2.30. The number of hydrogen-bond acceptors (Lipinski definition) is 3. The minimum atomic E-state index is 0.563. The summed E-state index contributed by atoms with van der Waals surface area (Å²) >= 11 is 5.78. The molecular weight excluding hydrogens is 234 g/mol. The summed E-state index contributed by atoms with van der Waals surface area (Å²) in [4.78, 5) is 6.61. The second-order valence-corrected chi connectivity index (χ2v) is 5.20. The van der Waals surface area contributed by atoms with Crippen molar-refractivity contribution < 1.29 is 0 Å². The minimum Gasteiger partial charge on any atom is -0.330 e. The first-order valence-electron chi connectivity index (χ1n) is 6.31. The zero-order chi connectivity index (χ0) is 12.1. The quantitative estimate of drug-likeness (QED) is 0.838. The molecule has 94 valence electrons. The summed E-state index contributed by atoms with van der Waals surface area (Å²) in [6, 6.07) is 3.92. The smallest absolute Gasteiger partial charge is 0.129 e. The number of aromatic nitrogens is 1. The van der Waals surface area contributed by atoms with E-state index >= 15 is 0 Å². The van der Waals surface area contributed by atoms with Crippen LogP contribution in [0, 0.1) is 5.92 Å². The summed E-state index contributed by atoms with van der Waals surface area (Å²) in [5, 5.41) is 0.563. The largest absolute Gasteiger partial charge is 0.330 e. The third kappa shape index (κ3) is 3.95. The molecule has 0 amide bonds. The highest BCUT2D eigenvalue weighted by Crippen LogP contribution is 2.20. The Bertz CT molecular complexity index is 337. The molecule has 0 saturated carbocycles. The zero-order valence-electron chi connectivity index (χ0n) is 10.1. The number of halogens is 1. The molecule has 2 rings (SSSR count). The first-order chi connectivity index (χ1) is 8.28. The molecule has 2 heterocycles. The van der Waals surface area contributed by atoms with E-state index in [9.17, 15) is 0 Å². The summed E-state index contributed by atoms with van der Waals surface area (Å²) in [6.45, 7) is 4.13. The highest BCUT2D eigenvalue weighted by molar-refractivity contribution is 6.29. The van der Waals surface area contributed by atoms with Crippen LogP contribution in [-0.4, -0.2) is 29.5 Å². The fraction of sp³-hybridized carbons (Fsp3) is 0.615. The van der Waals surface area contributed by atoms with E-state index in [0.29, 0.717) is 5.15 Å². The Balaban J connectivity index is 1.87. The molecule has 0 bridgehead atoms. The molecule has 0 aromatic carbocycles. The molecule has 1 aliphatic heterocycles. The molecule has 0 aliphatic carbocycles. The standard InChI is InChI=1S/C13H20ClN3/c14-13-4-3-12(8-16-13)10-17-7-1-2-11(9-17)5-6-15/h3-4,8,11H,1-2,5-7,9-10,15H2. The Morgan fingerprint density at radius 1 is 1.47 bits per heavy atom. The predicted molar refractivity (Wildman–Crippen MR) is 70.9 cm³/mol. The van der Waals surface area contributed by atoms with Crippen molar-refractivity contribution in [2.24, 2.45) is 11.7 Å². The lowest BCUT2D eigenvalue weighted by Gasteiger charge is -2.32. The molecule has 1 unspecified atom stereocenters. The molecule has 1 aromatic heterocycles. The lowest BCUT2D eigenvalue weighted by molar-refractivity contribution is 0.163. The summed E-state index contributed by atoms with van der Waals surface area (Å²) in [6.07, 6.45) is 5.63. The summed E-state index contributed by atoms with van der Waals surface area (Å²) in [5.74, 6) is 0.772. The van der Waals surface area contributed by atoms with Crippen LogP contribution in [0.3, 0.4) is 0 Å². The molecule has 0 radical (unpaired) electrons. The van der Waals surface area contributed by atoms with Gasteiger partial charge in [-0.05, 0) is 49.9 Å². The maximum Gasteiger partial charge on any atom is 0.129 e. The van der Waals surface area contributed by atoms with Crippen LogP contribution in [-0.2, 0) is 6.54 Å². The Kier molecular flexibility index (Phi) is 4.77. The van der Waals surface area contributed by atoms with Crippen LogP contribution in [0.2, 0.25) is 5.15 Å². The van der Waals surface area contributed by atoms with E-state index in [0.717, 1.165) is 25.4 Å². The molecule has 4 heteroatoms. The van der Waals surface area contributed by atoms with Gasteiger partial charge in [0, 0.05) is 19.3 Å². The van der Waals surface area contributed by atoms with Gasteiger partial charge in [0.2, 0.25) is 0 Å². The summed E-state index contributed by atoms with van der Waals surface area (Å²) in [7, 11) is 0. The van der Waals surface area contributed by atoms with Gasteiger partial charge in [-0.25, -0.2) is 4.98 Å². The van der Waals surface area contributed by atoms with E-state index in [1.807, 2.05) is 12.3 Å². The molecule has 1 saturated heterocycles. The van der Waals surface area contributed by atoms with Crippen molar-refractivity contribution in [1.29, 1.82) is 0 Å². The second-order valence-electron chi connectivity index (χ2n) is 4.81. The molecule has 1 atom stereocenters. The molecule has 2 N–H and O–H groups in total. The lowest BCUT2D eigenvalue weighted by atomic mass is 9.94. The molecular formula is C13H20ClN3. The van der Waals surface area contributed by atoms with Crippen molar-refractivity contribution in [3.8, 4) is 0 Å². The highest BCUT2D eigenvalue weighted by Gasteiger charge is 2.19. The minimum absolute atomic E-state index is 0.563. The number of nitrogens with two attached hydrogens (primary N) is 1. The van der Waals surface area contributed by atoms with Gasteiger partial charge in [0.25, 0.3) is 0 Å². The highest BCUT2D eigenvalue weighted by atomic mass is 35.5. The van der Waals surface area contributed by atoms with E-state index in [4.69, 9.17) is 17.3 Å². The van der Waals surface area contributed by atoms with Gasteiger partial charge in [0.15, 0.2) is 0 Å². The van der Waals surface area contributed by atoms with Crippen LogP contribution < -0.4 is 5.73 Å². The van der Waals surface area contributed by atoms with E-state index in [2.05, 4.69) is 16.0 Å². The van der Waals surface area contributed by atoms with Crippen molar-refractivity contribution in [2.75, 3.05) is 19.6 Å². The van der Waals surface area contributed by atoms with Crippen LogP contribution in [0.15, 0.2) is 18.3 Å². The Morgan fingerprint density at radius 3 is 3.06 bits per heavy atom. The summed E-state index contributed by atoms with van der Waals surface area (Å²) in [5.41, 5.74) is 6.87. The molecule has 1 aliphatic rings. The van der Waals surface area contributed by atoms with Gasteiger partial charge in [-0.1, -0.05) is 17.7 Å². The van der Waals surface area contributed by atoms with Gasteiger partial charge in [-0.15, -0.1) is 0 Å². The number of rotatable bonds is 4. The topological polar surface area (TPSA) is 42.1 Å². The normalized spacial score (nSPS) is 21.6. The summed E-state index contributed by atoms with van der Waals surface area (Å²) < 4.78 is 0. The lowest BCUT2D eigenvalue weighted by Crippen LogP contribution is -2.35. The Labute approximate surface area is 108 Å². The first-order valence-corrected chi connectivity index (χ1v) is 6.68. The fourth-order valence-corrected chi connectivity index (χ4v) is 2.64. The zero-order valence-corrected chi connectivity index (χ0v) is 10.9. The van der Waals surface area contributed by atoms with Crippen molar-refractivity contribution in [3.05, 3.63) is 29.0 Å². The van der Waals surface area contributed by atoms with Crippen molar-refractivity contribution in [3.63, 3.8) is 0 Å². The van der Waals surface area contributed by atoms with Gasteiger partial charge in [0.1, 0.15) is 5.15 Å². The third-order valence-electron chi connectivity index (χ3n) is 3.37. The van der Waals surface area contributed by atoms with Gasteiger partial charge >= 0.3 is 0 Å². The SMILES string of the molecule is NCCC1CCCN(Cc2ccc(Cl)nc2)C1. The van der Waals surface area contributed by atoms with Crippen LogP contribution in [0.1, 0.15) is 24.8 Å². The average molecular weight is 254 g/mol. The molecule has 17 heavy (non-hydrogen) atoms. The van der Waals surface area contributed by atoms with Crippen LogP contribution in [0.4, 0.5) is 0 Å². The van der Waals surface area contributed by atoms with E-state index in [1.165, 1.54) is 31.5 Å². The van der Waals surface area contributed by atoms with Crippen molar-refractivity contribution >= 4 is 11.6 Å². The van der Waals surface area contributed by atoms with Crippen LogP contribution in [0.5, 0.6) is 0 Å². The molecule has 1 fully saturated rings. The van der Waals surface area contributed by atoms with Crippen molar-refractivity contribution in [1.82, 2.24) is 9.88 Å². The number of pyridine rings is 1. The van der Waals surface area contributed by atoms with Crippen LogP contribution in [0.25, 0.3) is 0 Å². The second kappa shape index (κ2) is 6.34. The number of piperidine rings is 1. The first kappa shape index (κ1) is 12.8. The number of likely N-dealkylation sites (tertiary alicyclic amines) is 1. The van der Waals surface area contributed by atoms with Gasteiger partial charge in [-0.2, -0.15) is 0 Å².